The lowest BCUT2D eigenvalue weighted by molar-refractivity contribution is -0.121. The zero-order valence-electron chi connectivity index (χ0n) is 15.9. The molecule has 1 amide bonds. The summed E-state index contributed by atoms with van der Waals surface area (Å²) in [5.41, 5.74) is 2.92. The van der Waals surface area contributed by atoms with Crippen LogP contribution in [0.5, 0.6) is 5.75 Å². The van der Waals surface area contributed by atoms with Crippen LogP contribution in [0.2, 0.25) is 0 Å². The number of amides is 1. The van der Waals surface area contributed by atoms with Gasteiger partial charge < -0.3 is 10.1 Å². The van der Waals surface area contributed by atoms with E-state index in [-0.39, 0.29) is 24.2 Å². The van der Waals surface area contributed by atoms with Crippen molar-refractivity contribution in [3.63, 3.8) is 0 Å². The summed E-state index contributed by atoms with van der Waals surface area (Å²) < 4.78 is 5.35. The van der Waals surface area contributed by atoms with Crippen molar-refractivity contribution in [1.29, 1.82) is 0 Å². The minimum absolute atomic E-state index is 0.0556. The third-order valence-electron chi connectivity index (χ3n) is 4.46. The molecule has 3 aromatic rings. The van der Waals surface area contributed by atoms with Crippen molar-refractivity contribution >= 4 is 11.7 Å². The molecule has 1 unspecified atom stereocenters. The molecule has 0 aliphatic rings. The predicted molar refractivity (Wildman–Crippen MR) is 107 cm³/mol. The number of rotatable bonds is 7. The maximum Gasteiger partial charge on any atom is 0.225 e. The first-order valence-electron chi connectivity index (χ1n) is 9.01. The normalized spacial score (nSPS) is 11.5. The highest BCUT2D eigenvalue weighted by Crippen LogP contribution is 2.23. The summed E-state index contributed by atoms with van der Waals surface area (Å²) in [4.78, 5) is 28.9. The van der Waals surface area contributed by atoms with E-state index < -0.39 is 0 Å². The molecular formula is C23H22N2O3. The average Bonchev–Trinajstić information content (AvgIpc) is 2.73. The largest absolute Gasteiger partial charge is 0.496 e. The summed E-state index contributed by atoms with van der Waals surface area (Å²) in [6.45, 7) is 1.50. The molecule has 1 aromatic heterocycles. The molecule has 1 N–H and O–H groups in total. The second kappa shape index (κ2) is 8.95. The van der Waals surface area contributed by atoms with Crippen LogP contribution in [-0.4, -0.2) is 23.8 Å². The van der Waals surface area contributed by atoms with E-state index in [1.165, 1.54) is 6.92 Å². The number of nitrogens with zero attached hydrogens (tertiary/aromatic N) is 1. The molecular weight excluding hydrogens is 352 g/mol. The molecule has 142 valence electrons. The molecule has 0 fully saturated rings. The Morgan fingerprint density at radius 3 is 2.43 bits per heavy atom. The number of pyridine rings is 1. The molecule has 3 rings (SSSR count). The number of Topliss-reactive ketones (excluding diaryl/α,β-unsaturated/α-hetero) is 1. The van der Waals surface area contributed by atoms with Gasteiger partial charge in [0.15, 0.2) is 5.78 Å². The summed E-state index contributed by atoms with van der Waals surface area (Å²) in [6.07, 6.45) is 1.80. The van der Waals surface area contributed by atoms with Crippen LogP contribution in [0, 0.1) is 0 Å². The molecule has 0 aliphatic carbocycles. The monoisotopic (exact) mass is 374 g/mol. The summed E-state index contributed by atoms with van der Waals surface area (Å²) >= 11 is 0. The van der Waals surface area contributed by atoms with E-state index in [1.54, 1.807) is 31.5 Å². The van der Waals surface area contributed by atoms with Gasteiger partial charge in [0.1, 0.15) is 5.75 Å². The minimum atomic E-state index is -0.364. The molecule has 0 spiro atoms. The van der Waals surface area contributed by atoms with Crippen LogP contribution in [0.1, 0.15) is 40.1 Å². The molecule has 0 radical (unpaired) electrons. The van der Waals surface area contributed by atoms with Crippen LogP contribution >= 0.6 is 0 Å². The van der Waals surface area contributed by atoms with Gasteiger partial charge in [-0.1, -0.05) is 36.4 Å². The number of ketones is 1. The quantitative estimate of drug-likeness (QED) is 0.640. The number of hydrogen-bond acceptors (Lipinski definition) is 4. The molecule has 28 heavy (non-hydrogen) atoms. The van der Waals surface area contributed by atoms with Crippen molar-refractivity contribution in [1.82, 2.24) is 10.3 Å². The molecule has 1 heterocycles. The van der Waals surface area contributed by atoms with E-state index in [2.05, 4.69) is 10.3 Å². The smallest absolute Gasteiger partial charge is 0.225 e. The van der Waals surface area contributed by atoms with Gasteiger partial charge in [-0.05, 0) is 42.8 Å². The molecule has 0 bridgehead atoms. The maximum absolute atomic E-state index is 12.8. The van der Waals surface area contributed by atoms with E-state index in [9.17, 15) is 9.59 Å². The van der Waals surface area contributed by atoms with Gasteiger partial charge in [-0.3, -0.25) is 14.6 Å². The van der Waals surface area contributed by atoms with Gasteiger partial charge >= 0.3 is 0 Å². The average molecular weight is 374 g/mol. The standard InChI is InChI=1S/C23H22N2O3/c1-16(26)18-11-12-21(28-2)19(14-18)15-22(27)25-23(17-8-4-3-5-9-17)20-10-6-7-13-24-20/h3-14,23H,15H2,1-2H3,(H,25,27). The lowest BCUT2D eigenvalue weighted by atomic mass is 10.0. The third-order valence-corrected chi connectivity index (χ3v) is 4.46. The number of carbonyl (C=O) groups is 2. The fourth-order valence-electron chi connectivity index (χ4n) is 3.04. The minimum Gasteiger partial charge on any atom is -0.496 e. The lowest BCUT2D eigenvalue weighted by Gasteiger charge is -2.19. The Morgan fingerprint density at radius 2 is 1.79 bits per heavy atom. The van der Waals surface area contributed by atoms with Crippen LogP contribution in [-0.2, 0) is 11.2 Å². The van der Waals surface area contributed by atoms with Crippen molar-refractivity contribution < 1.29 is 14.3 Å². The Bertz CT molecular complexity index is 917. The molecule has 5 heteroatoms. The van der Waals surface area contributed by atoms with Gasteiger partial charge in [-0.2, -0.15) is 0 Å². The fourth-order valence-corrected chi connectivity index (χ4v) is 3.04. The second-order valence-electron chi connectivity index (χ2n) is 6.43. The highest BCUT2D eigenvalue weighted by Gasteiger charge is 2.19. The zero-order valence-corrected chi connectivity index (χ0v) is 15.9. The summed E-state index contributed by atoms with van der Waals surface area (Å²) in [5.74, 6) is 0.340. The van der Waals surface area contributed by atoms with Crippen molar-refractivity contribution in [3.05, 3.63) is 95.3 Å². The first-order valence-corrected chi connectivity index (χ1v) is 9.01. The van der Waals surface area contributed by atoms with Crippen molar-refractivity contribution in [2.75, 3.05) is 7.11 Å². The Morgan fingerprint density at radius 1 is 1.04 bits per heavy atom. The molecule has 2 aromatic carbocycles. The number of hydrogen-bond donors (Lipinski definition) is 1. The molecule has 0 saturated carbocycles. The first kappa shape index (κ1) is 19.3. The van der Waals surface area contributed by atoms with E-state index in [1.807, 2.05) is 48.5 Å². The second-order valence-corrected chi connectivity index (χ2v) is 6.43. The van der Waals surface area contributed by atoms with Gasteiger partial charge in [0.25, 0.3) is 0 Å². The SMILES string of the molecule is COc1ccc(C(C)=O)cc1CC(=O)NC(c1ccccc1)c1ccccn1. The molecule has 1 atom stereocenters. The van der Waals surface area contributed by atoms with Crippen molar-refractivity contribution in [2.24, 2.45) is 0 Å². The van der Waals surface area contributed by atoms with Crippen LogP contribution < -0.4 is 10.1 Å². The number of benzene rings is 2. The highest BCUT2D eigenvalue weighted by atomic mass is 16.5. The van der Waals surface area contributed by atoms with E-state index in [4.69, 9.17) is 4.74 Å². The van der Waals surface area contributed by atoms with Gasteiger partial charge in [0.05, 0.1) is 25.3 Å². The number of methoxy groups -OCH3 is 1. The summed E-state index contributed by atoms with van der Waals surface area (Å²) in [5, 5.41) is 3.06. The van der Waals surface area contributed by atoms with E-state index >= 15 is 0 Å². The molecule has 5 nitrogen and oxygen atoms in total. The fraction of sp³-hybridized carbons (Fsp3) is 0.174. The van der Waals surface area contributed by atoms with Crippen LogP contribution in [0.25, 0.3) is 0 Å². The topological polar surface area (TPSA) is 68.3 Å². The lowest BCUT2D eigenvalue weighted by Crippen LogP contribution is -2.31. The Kier molecular flexibility index (Phi) is 6.17. The third kappa shape index (κ3) is 4.62. The first-order chi connectivity index (χ1) is 13.6. The zero-order chi connectivity index (χ0) is 19.9. The van der Waals surface area contributed by atoms with Crippen LogP contribution in [0.3, 0.4) is 0 Å². The van der Waals surface area contributed by atoms with Gasteiger partial charge in [0.2, 0.25) is 5.91 Å². The van der Waals surface area contributed by atoms with E-state index in [0.717, 1.165) is 11.3 Å². The highest BCUT2D eigenvalue weighted by molar-refractivity contribution is 5.94. The van der Waals surface area contributed by atoms with Crippen molar-refractivity contribution in [3.8, 4) is 5.75 Å². The van der Waals surface area contributed by atoms with Gasteiger partial charge in [-0.25, -0.2) is 0 Å². The predicted octanol–water partition coefficient (Wildman–Crippen LogP) is 3.74. The van der Waals surface area contributed by atoms with Gasteiger partial charge in [-0.15, -0.1) is 0 Å². The van der Waals surface area contributed by atoms with Crippen molar-refractivity contribution in [2.45, 2.75) is 19.4 Å². The Hall–Kier alpha value is -3.47. The number of nitrogens with one attached hydrogen (secondary N) is 1. The van der Waals surface area contributed by atoms with Crippen LogP contribution in [0.15, 0.2) is 72.9 Å². The van der Waals surface area contributed by atoms with E-state index in [0.29, 0.717) is 16.9 Å². The molecule has 0 saturated heterocycles. The summed E-state index contributed by atoms with van der Waals surface area (Å²) in [7, 11) is 1.55. The summed E-state index contributed by atoms with van der Waals surface area (Å²) in [6, 6.07) is 20.1. The number of aromatic nitrogens is 1. The van der Waals surface area contributed by atoms with Gasteiger partial charge in [0, 0.05) is 17.3 Å². The van der Waals surface area contributed by atoms with Crippen LogP contribution in [0.4, 0.5) is 0 Å². The maximum atomic E-state index is 12.8. The Labute approximate surface area is 164 Å². The number of carbonyl (C=O) groups excluding carboxylic acids is 2. The molecule has 0 aliphatic heterocycles. The Balaban J connectivity index is 1.85. The number of ether oxygens (including phenoxy) is 1.